The third-order valence-electron chi connectivity index (χ3n) is 7.54. The van der Waals surface area contributed by atoms with Crippen LogP contribution in [0.25, 0.3) is 11.3 Å². The smallest absolute Gasteiger partial charge is 0.162 e. The van der Waals surface area contributed by atoms with E-state index in [1.807, 2.05) is 12.1 Å². The van der Waals surface area contributed by atoms with Crippen molar-refractivity contribution in [3.8, 4) is 5.69 Å². The van der Waals surface area contributed by atoms with Crippen LogP contribution >= 0.6 is 0 Å². The monoisotopic (exact) mass is 489 g/mol. The van der Waals surface area contributed by atoms with Gasteiger partial charge in [-0.25, -0.2) is 18.6 Å². The number of aromatic nitrogens is 5. The topological polar surface area (TPSA) is 83.5 Å². The van der Waals surface area contributed by atoms with Crippen molar-refractivity contribution < 1.29 is 9.50 Å². The molecule has 4 aromatic rings. The zero-order valence-corrected chi connectivity index (χ0v) is 20.7. The van der Waals surface area contributed by atoms with E-state index in [9.17, 15) is 5.11 Å². The van der Waals surface area contributed by atoms with Crippen molar-refractivity contribution in [1.82, 2.24) is 29.3 Å². The lowest BCUT2D eigenvalue weighted by molar-refractivity contribution is 0.170. The van der Waals surface area contributed by atoms with Crippen LogP contribution in [-0.4, -0.2) is 53.5 Å². The predicted octanol–water partition coefficient (Wildman–Crippen LogP) is 4.62. The van der Waals surface area contributed by atoms with Crippen molar-refractivity contribution in [2.45, 2.75) is 63.6 Å². The molecule has 0 radical (unpaired) electrons. The van der Waals surface area contributed by atoms with Crippen molar-refractivity contribution in [3.05, 3.63) is 71.6 Å². The minimum absolute atomic E-state index is 0.284. The van der Waals surface area contributed by atoms with Crippen LogP contribution in [0.1, 0.15) is 74.4 Å². The summed E-state index contributed by atoms with van der Waals surface area (Å²) in [6.07, 6.45) is 8.18. The van der Waals surface area contributed by atoms with Gasteiger partial charge < -0.3 is 15.3 Å². The molecule has 0 amide bonds. The Labute approximate surface area is 209 Å². The quantitative estimate of drug-likeness (QED) is 0.369. The maximum Gasteiger partial charge on any atom is 0.162 e. The summed E-state index contributed by atoms with van der Waals surface area (Å²) in [6, 6.07) is 9.68. The van der Waals surface area contributed by atoms with E-state index in [4.69, 9.17) is 5.10 Å². The highest BCUT2D eigenvalue weighted by Crippen LogP contribution is 2.41. The maximum absolute atomic E-state index is 15.3. The summed E-state index contributed by atoms with van der Waals surface area (Å²) in [6.45, 7) is 6.47. The predicted molar refractivity (Wildman–Crippen MR) is 136 cm³/mol. The first-order valence-electron chi connectivity index (χ1n) is 12.8. The van der Waals surface area contributed by atoms with Crippen molar-refractivity contribution in [2.24, 2.45) is 0 Å². The van der Waals surface area contributed by atoms with Crippen molar-refractivity contribution >= 4 is 11.5 Å². The Bertz CT molecular complexity index is 1370. The fourth-order valence-electron chi connectivity index (χ4n) is 5.22. The summed E-state index contributed by atoms with van der Waals surface area (Å²) in [4.78, 5) is 6.82. The van der Waals surface area contributed by atoms with E-state index in [2.05, 4.69) is 34.1 Å². The average Bonchev–Trinajstić information content (AvgIpc) is 3.52. The van der Waals surface area contributed by atoms with Crippen LogP contribution in [0, 0.1) is 5.82 Å². The summed E-state index contributed by atoms with van der Waals surface area (Å²) in [7, 11) is 0. The van der Waals surface area contributed by atoms with E-state index in [0.29, 0.717) is 34.7 Å². The van der Waals surface area contributed by atoms with Crippen LogP contribution < -0.4 is 5.32 Å². The van der Waals surface area contributed by atoms with Crippen LogP contribution in [0.15, 0.2) is 48.9 Å². The van der Waals surface area contributed by atoms with Crippen LogP contribution in [0.4, 0.5) is 10.2 Å². The molecule has 1 saturated carbocycles. The van der Waals surface area contributed by atoms with E-state index >= 15 is 4.39 Å². The molecule has 2 N–H and O–H groups in total. The molecule has 36 heavy (non-hydrogen) atoms. The zero-order chi connectivity index (χ0) is 24.8. The van der Waals surface area contributed by atoms with E-state index in [0.717, 1.165) is 50.0 Å². The molecule has 1 unspecified atom stereocenters. The maximum atomic E-state index is 15.3. The largest absolute Gasteiger partial charge is 0.369 e. The summed E-state index contributed by atoms with van der Waals surface area (Å²) >= 11 is 0. The highest BCUT2D eigenvalue weighted by molar-refractivity contribution is 5.53. The Kier molecular flexibility index (Phi) is 5.97. The highest BCUT2D eigenvalue weighted by atomic mass is 19.1. The molecule has 3 aromatic heterocycles. The molecule has 1 atom stereocenters. The minimum atomic E-state index is -1.09. The number of rotatable bonds is 7. The minimum Gasteiger partial charge on any atom is -0.369 e. The van der Waals surface area contributed by atoms with Gasteiger partial charge in [0.25, 0.3) is 0 Å². The van der Waals surface area contributed by atoms with E-state index in [-0.39, 0.29) is 11.7 Å². The highest BCUT2D eigenvalue weighted by Gasteiger charge is 2.28. The molecule has 1 saturated heterocycles. The van der Waals surface area contributed by atoms with Crippen molar-refractivity contribution in [3.63, 3.8) is 0 Å². The molecule has 1 aliphatic heterocycles. The van der Waals surface area contributed by atoms with Crippen LogP contribution in [0.5, 0.6) is 0 Å². The van der Waals surface area contributed by atoms with Gasteiger partial charge >= 0.3 is 0 Å². The number of nitrogens with one attached hydrogen (secondary N) is 1. The SMILES string of the molecule is CC(C)N1CCC(c2cc(NC(O)c3cnn4cccnc34)n(-c3ccc(C4CC4)cc3F)n2)CC1. The molecular formula is C27H32FN7O. The Morgan fingerprint density at radius 3 is 2.61 bits per heavy atom. The molecule has 9 heteroatoms. The molecule has 0 spiro atoms. The lowest BCUT2D eigenvalue weighted by Crippen LogP contribution is -2.37. The Balaban J connectivity index is 1.33. The Hall–Kier alpha value is -3.30. The Morgan fingerprint density at radius 2 is 1.89 bits per heavy atom. The lowest BCUT2D eigenvalue weighted by atomic mass is 9.93. The molecule has 1 aliphatic carbocycles. The zero-order valence-electron chi connectivity index (χ0n) is 20.7. The molecule has 2 aliphatic rings. The lowest BCUT2D eigenvalue weighted by Gasteiger charge is -2.33. The molecule has 8 nitrogen and oxygen atoms in total. The number of anilines is 1. The van der Waals surface area contributed by atoms with Crippen molar-refractivity contribution in [2.75, 3.05) is 18.4 Å². The second-order valence-electron chi connectivity index (χ2n) is 10.3. The van der Waals surface area contributed by atoms with Crippen LogP contribution in [0.2, 0.25) is 0 Å². The second-order valence-corrected chi connectivity index (χ2v) is 10.3. The number of aliphatic hydroxyl groups excluding tert-OH is 1. The molecule has 0 bridgehead atoms. The standard InChI is InChI=1S/C27H32FN7O/c1-17(2)33-12-8-19(9-13-33)23-15-25(31-27(36)21-16-30-34-11-3-10-29-26(21)34)35(32-23)24-7-6-20(14-22(24)28)18-4-5-18/h3,6-7,10-11,14-19,27,31,36H,4-5,8-9,12-13H2,1-2H3. The van der Waals surface area contributed by atoms with Crippen molar-refractivity contribution in [1.29, 1.82) is 0 Å². The third-order valence-corrected chi connectivity index (χ3v) is 7.54. The number of likely N-dealkylation sites (tertiary alicyclic amines) is 1. The average molecular weight is 490 g/mol. The summed E-state index contributed by atoms with van der Waals surface area (Å²) in [5, 5.41) is 23.4. The molecule has 2 fully saturated rings. The number of hydrogen-bond donors (Lipinski definition) is 2. The molecule has 6 rings (SSSR count). The van der Waals surface area contributed by atoms with Gasteiger partial charge in [-0.05, 0) is 82.3 Å². The number of fused-ring (bicyclic) bond motifs is 1. The summed E-state index contributed by atoms with van der Waals surface area (Å²) in [5.74, 6) is 0.984. The number of nitrogens with zero attached hydrogens (tertiary/aromatic N) is 6. The van der Waals surface area contributed by atoms with Gasteiger partial charge in [0.05, 0.1) is 17.5 Å². The molecule has 188 valence electrons. The van der Waals surface area contributed by atoms with Gasteiger partial charge in [0.1, 0.15) is 17.3 Å². The van der Waals surface area contributed by atoms with E-state index < -0.39 is 6.23 Å². The third kappa shape index (κ3) is 4.37. The summed E-state index contributed by atoms with van der Waals surface area (Å²) in [5.41, 5.74) is 3.43. The van der Waals surface area contributed by atoms with Gasteiger partial charge in [0, 0.05) is 30.4 Å². The van der Waals surface area contributed by atoms with Gasteiger partial charge in [-0.1, -0.05) is 6.07 Å². The molecule has 1 aromatic carbocycles. The number of piperidine rings is 1. The fraction of sp³-hybridized carbons (Fsp3) is 0.444. The first-order valence-corrected chi connectivity index (χ1v) is 12.8. The van der Waals surface area contributed by atoms with Crippen LogP contribution in [0.3, 0.4) is 0 Å². The fourth-order valence-corrected chi connectivity index (χ4v) is 5.22. The van der Waals surface area contributed by atoms with Gasteiger partial charge in [-0.3, -0.25) is 0 Å². The first-order chi connectivity index (χ1) is 17.5. The van der Waals surface area contributed by atoms with E-state index in [1.54, 1.807) is 46.0 Å². The molecule has 4 heterocycles. The number of aliphatic hydroxyl groups is 1. The first kappa shape index (κ1) is 23.1. The van der Waals surface area contributed by atoms with Gasteiger partial charge in [-0.2, -0.15) is 10.2 Å². The van der Waals surface area contributed by atoms with Crippen LogP contribution in [-0.2, 0) is 0 Å². The molecular weight excluding hydrogens is 457 g/mol. The number of halogens is 1. The van der Waals surface area contributed by atoms with Gasteiger partial charge in [0.2, 0.25) is 0 Å². The number of hydrogen-bond acceptors (Lipinski definition) is 6. The second kappa shape index (κ2) is 9.29. The van der Waals surface area contributed by atoms with Gasteiger partial charge in [-0.15, -0.1) is 0 Å². The number of benzene rings is 1. The van der Waals surface area contributed by atoms with E-state index in [1.165, 1.54) is 0 Å². The normalized spacial score (nSPS) is 18.2. The van der Waals surface area contributed by atoms with Gasteiger partial charge in [0.15, 0.2) is 11.9 Å². The Morgan fingerprint density at radius 1 is 1.08 bits per heavy atom. The summed E-state index contributed by atoms with van der Waals surface area (Å²) < 4.78 is 18.5.